The van der Waals surface area contributed by atoms with Crippen LogP contribution in [0.15, 0.2) is 78.9 Å². The number of aryl methyl sites for hydroxylation is 1. The van der Waals surface area contributed by atoms with Crippen molar-refractivity contribution in [1.82, 2.24) is 14.7 Å². The van der Waals surface area contributed by atoms with Crippen LogP contribution in [-0.2, 0) is 4.74 Å². The minimum absolute atomic E-state index is 0.00989. The molecular weight excluding hydrogens is 492 g/mol. The zero-order valence-corrected chi connectivity index (χ0v) is 22.5. The quantitative estimate of drug-likeness (QED) is 0.317. The van der Waals surface area contributed by atoms with Gasteiger partial charge in [0.2, 0.25) is 0 Å². The van der Waals surface area contributed by atoms with Crippen molar-refractivity contribution in [3.8, 4) is 22.7 Å². The van der Waals surface area contributed by atoms with E-state index in [1.165, 1.54) is 0 Å². The number of carbonyl (C=O) groups is 2. The van der Waals surface area contributed by atoms with E-state index < -0.39 is 5.97 Å². The van der Waals surface area contributed by atoms with E-state index in [2.05, 4.69) is 22.1 Å². The lowest BCUT2D eigenvalue weighted by atomic mass is 10.1. The minimum atomic E-state index is -0.441. The van der Waals surface area contributed by atoms with E-state index in [9.17, 15) is 9.59 Å². The monoisotopic (exact) mass is 524 g/mol. The van der Waals surface area contributed by atoms with Crippen molar-refractivity contribution in [2.45, 2.75) is 13.8 Å². The third kappa shape index (κ3) is 5.36. The summed E-state index contributed by atoms with van der Waals surface area (Å²) in [7, 11) is 1.58. The van der Waals surface area contributed by atoms with Crippen LogP contribution >= 0.6 is 0 Å². The standard InChI is InChI=1S/C31H32N4O4/c1-4-39-31(37)26-21-28(35(32-26)27-11-7-5-9-22(27)2)23-13-15-24(16-14-23)33-17-19-34(20-18-33)30(36)25-10-6-8-12-29(25)38-3/h5-16,21H,4,17-20H2,1-3H3. The van der Waals surface area contributed by atoms with Gasteiger partial charge in [-0.25, -0.2) is 9.48 Å². The molecule has 0 aliphatic carbocycles. The highest BCUT2D eigenvalue weighted by Crippen LogP contribution is 2.29. The first-order valence-electron chi connectivity index (χ1n) is 13.1. The fourth-order valence-corrected chi connectivity index (χ4v) is 4.88. The number of methoxy groups -OCH3 is 1. The van der Waals surface area contributed by atoms with Crippen LogP contribution < -0.4 is 9.64 Å². The van der Waals surface area contributed by atoms with Crippen LogP contribution in [-0.4, -0.2) is 66.5 Å². The maximum Gasteiger partial charge on any atom is 0.358 e. The number of esters is 1. The van der Waals surface area contributed by atoms with Gasteiger partial charge < -0.3 is 19.3 Å². The van der Waals surface area contributed by atoms with Gasteiger partial charge in [-0.15, -0.1) is 0 Å². The highest BCUT2D eigenvalue weighted by Gasteiger charge is 2.25. The molecule has 8 nitrogen and oxygen atoms in total. The van der Waals surface area contributed by atoms with Crippen molar-refractivity contribution in [3.05, 3.63) is 95.7 Å². The van der Waals surface area contributed by atoms with Gasteiger partial charge >= 0.3 is 5.97 Å². The number of rotatable bonds is 7. The number of benzene rings is 3. The Balaban J connectivity index is 1.34. The first-order valence-corrected chi connectivity index (χ1v) is 13.1. The second-order valence-electron chi connectivity index (χ2n) is 9.36. The molecule has 0 radical (unpaired) electrons. The van der Waals surface area contributed by atoms with Crippen LogP contribution in [0.1, 0.15) is 33.3 Å². The SMILES string of the molecule is CCOC(=O)c1cc(-c2ccc(N3CCN(C(=O)c4ccccc4OC)CC3)cc2)n(-c2ccccc2C)n1. The fraction of sp³-hybridized carbons (Fsp3) is 0.258. The molecule has 1 aliphatic rings. The molecule has 0 N–H and O–H groups in total. The molecule has 5 rings (SSSR count). The number of anilines is 1. The number of hydrogen-bond acceptors (Lipinski definition) is 6. The lowest BCUT2D eigenvalue weighted by Gasteiger charge is -2.36. The molecule has 1 amide bonds. The number of nitrogens with zero attached hydrogens (tertiary/aromatic N) is 4. The molecule has 39 heavy (non-hydrogen) atoms. The Labute approximate surface area is 228 Å². The van der Waals surface area contributed by atoms with E-state index in [0.717, 1.165) is 41.3 Å². The van der Waals surface area contributed by atoms with Gasteiger partial charge in [0.05, 0.1) is 30.7 Å². The summed E-state index contributed by atoms with van der Waals surface area (Å²) in [6.07, 6.45) is 0. The van der Waals surface area contributed by atoms with Crippen molar-refractivity contribution < 1.29 is 19.1 Å². The van der Waals surface area contributed by atoms with Gasteiger partial charge in [0.1, 0.15) is 5.75 Å². The number of piperazine rings is 1. The lowest BCUT2D eigenvalue weighted by Crippen LogP contribution is -2.48. The smallest absolute Gasteiger partial charge is 0.358 e. The Morgan fingerprint density at radius 3 is 2.28 bits per heavy atom. The first kappa shape index (κ1) is 26.0. The van der Waals surface area contributed by atoms with Crippen molar-refractivity contribution in [3.63, 3.8) is 0 Å². The summed E-state index contributed by atoms with van der Waals surface area (Å²) in [5, 5.41) is 4.60. The van der Waals surface area contributed by atoms with Gasteiger partial charge in [-0.3, -0.25) is 4.79 Å². The minimum Gasteiger partial charge on any atom is -0.496 e. The Kier molecular flexibility index (Phi) is 7.63. The van der Waals surface area contributed by atoms with Crippen molar-refractivity contribution in [1.29, 1.82) is 0 Å². The van der Waals surface area contributed by atoms with E-state index in [0.29, 0.717) is 24.4 Å². The van der Waals surface area contributed by atoms with Gasteiger partial charge in [-0.1, -0.05) is 42.5 Å². The van der Waals surface area contributed by atoms with E-state index >= 15 is 0 Å². The zero-order valence-electron chi connectivity index (χ0n) is 22.5. The number of ether oxygens (including phenoxy) is 2. The van der Waals surface area contributed by atoms with Gasteiger partial charge in [-0.2, -0.15) is 5.10 Å². The van der Waals surface area contributed by atoms with E-state index in [4.69, 9.17) is 9.47 Å². The molecule has 4 aromatic rings. The molecule has 0 unspecified atom stereocenters. The number of para-hydroxylation sites is 2. The van der Waals surface area contributed by atoms with Crippen molar-refractivity contribution in [2.75, 3.05) is 44.8 Å². The normalized spacial score (nSPS) is 13.3. The molecule has 1 saturated heterocycles. The summed E-state index contributed by atoms with van der Waals surface area (Å²) in [4.78, 5) is 29.7. The Hall–Kier alpha value is -4.59. The number of aromatic nitrogens is 2. The van der Waals surface area contributed by atoms with Gasteiger partial charge in [0, 0.05) is 37.4 Å². The topological polar surface area (TPSA) is 76.9 Å². The summed E-state index contributed by atoms with van der Waals surface area (Å²) in [6, 6.07) is 25.3. The molecule has 0 atom stereocenters. The van der Waals surface area contributed by atoms with Crippen molar-refractivity contribution in [2.24, 2.45) is 0 Å². The molecule has 1 fully saturated rings. The number of carbonyl (C=O) groups excluding carboxylic acids is 2. The Bertz CT molecular complexity index is 1470. The molecule has 0 bridgehead atoms. The summed E-state index contributed by atoms with van der Waals surface area (Å²) < 4.78 is 12.4. The van der Waals surface area contributed by atoms with Crippen LogP contribution in [0.3, 0.4) is 0 Å². The second kappa shape index (κ2) is 11.4. The van der Waals surface area contributed by atoms with Crippen LogP contribution in [0.2, 0.25) is 0 Å². The predicted octanol–water partition coefficient (Wildman–Crippen LogP) is 5.00. The molecule has 1 aromatic heterocycles. The molecule has 2 heterocycles. The fourth-order valence-electron chi connectivity index (χ4n) is 4.88. The van der Waals surface area contributed by atoms with Crippen LogP contribution in [0.5, 0.6) is 5.75 Å². The summed E-state index contributed by atoms with van der Waals surface area (Å²) >= 11 is 0. The van der Waals surface area contributed by atoms with Crippen LogP contribution in [0, 0.1) is 6.92 Å². The van der Waals surface area contributed by atoms with Crippen LogP contribution in [0.25, 0.3) is 16.9 Å². The largest absolute Gasteiger partial charge is 0.496 e. The third-order valence-corrected chi connectivity index (χ3v) is 6.97. The lowest BCUT2D eigenvalue weighted by molar-refractivity contribution is 0.0518. The molecule has 1 aliphatic heterocycles. The molecule has 200 valence electrons. The maximum absolute atomic E-state index is 13.1. The summed E-state index contributed by atoms with van der Waals surface area (Å²) in [6.45, 7) is 6.81. The molecule has 8 heteroatoms. The highest BCUT2D eigenvalue weighted by atomic mass is 16.5. The predicted molar refractivity (Wildman–Crippen MR) is 151 cm³/mol. The highest BCUT2D eigenvalue weighted by molar-refractivity contribution is 5.97. The van der Waals surface area contributed by atoms with Gasteiger partial charge in [0.25, 0.3) is 5.91 Å². The molecular formula is C31H32N4O4. The van der Waals surface area contributed by atoms with E-state index in [1.807, 2.05) is 66.4 Å². The van der Waals surface area contributed by atoms with E-state index in [-0.39, 0.29) is 18.2 Å². The average molecular weight is 525 g/mol. The first-order chi connectivity index (χ1) is 19.0. The molecule has 0 spiro atoms. The third-order valence-electron chi connectivity index (χ3n) is 6.97. The van der Waals surface area contributed by atoms with Gasteiger partial charge in [0.15, 0.2) is 5.69 Å². The Morgan fingerprint density at radius 1 is 0.897 bits per heavy atom. The number of hydrogen-bond donors (Lipinski definition) is 0. The maximum atomic E-state index is 13.1. The van der Waals surface area contributed by atoms with Crippen molar-refractivity contribution >= 4 is 17.6 Å². The molecule has 3 aromatic carbocycles. The second-order valence-corrected chi connectivity index (χ2v) is 9.36. The zero-order chi connectivity index (χ0) is 27.4. The summed E-state index contributed by atoms with van der Waals surface area (Å²) in [5.41, 5.74) is 5.65. The van der Waals surface area contributed by atoms with E-state index in [1.54, 1.807) is 30.8 Å². The van der Waals surface area contributed by atoms with Gasteiger partial charge in [-0.05, 0) is 55.8 Å². The number of amides is 1. The average Bonchev–Trinajstić information content (AvgIpc) is 3.43. The Morgan fingerprint density at radius 2 is 1.59 bits per heavy atom. The van der Waals surface area contributed by atoms with Crippen LogP contribution in [0.4, 0.5) is 5.69 Å². The summed E-state index contributed by atoms with van der Waals surface area (Å²) in [5.74, 6) is 0.143. The molecule has 0 saturated carbocycles.